The first-order valence-corrected chi connectivity index (χ1v) is 9.53. The molecule has 0 aliphatic heterocycles. The lowest BCUT2D eigenvalue weighted by Crippen LogP contribution is -2.30. The molecule has 0 spiro atoms. The lowest BCUT2D eigenvalue weighted by molar-refractivity contribution is -0.151. The van der Waals surface area contributed by atoms with Gasteiger partial charge < -0.3 is 4.74 Å². The van der Waals surface area contributed by atoms with Crippen molar-refractivity contribution in [2.75, 3.05) is 6.61 Å². The van der Waals surface area contributed by atoms with Gasteiger partial charge in [-0.2, -0.15) is 8.42 Å². The highest BCUT2D eigenvalue weighted by Crippen LogP contribution is 2.18. The van der Waals surface area contributed by atoms with Crippen LogP contribution >= 0.6 is 0 Å². The predicted octanol–water partition coefficient (Wildman–Crippen LogP) is 3.26. The van der Waals surface area contributed by atoms with Gasteiger partial charge in [0.2, 0.25) is 0 Å². The molecule has 0 heterocycles. The number of hydrogen-bond acceptors (Lipinski definition) is 5. The molecule has 134 valence electrons. The number of aryl methyl sites for hydroxylation is 2. The van der Waals surface area contributed by atoms with Gasteiger partial charge in [-0.05, 0) is 44.4 Å². The summed E-state index contributed by atoms with van der Waals surface area (Å²) in [7, 11) is -4.04. The fourth-order valence-corrected chi connectivity index (χ4v) is 3.36. The summed E-state index contributed by atoms with van der Waals surface area (Å²) in [5, 5.41) is 0. The fourth-order valence-electron chi connectivity index (χ4n) is 2.30. The Kier molecular flexibility index (Phi) is 6.73. The summed E-state index contributed by atoms with van der Waals surface area (Å²) in [5.74, 6) is -0.672. The van der Waals surface area contributed by atoms with E-state index in [1.165, 1.54) is 12.1 Å². The molecule has 2 rings (SSSR count). The van der Waals surface area contributed by atoms with Crippen LogP contribution in [-0.4, -0.2) is 27.1 Å². The van der Waals surface area contributed by atoms with E-state index < -0.39 is 22.2 Å². The van der Waals surface area contributed by atoms with Crippen LogP contribution in [0, 0.1) is 6.92 Å². The Morgan fingerprint density at radius 2 is 1.68 bits per heavy atom. The molecule has 5 nitrogen and oxygen atoms in total. The second-order valence-electron chi connectivity index (χ2n) is 5.63. The smallest absolute Gasteiger partial charge is 0.336 e. The molecule has 2 aromatic carbocycles. The fraction of sp³-hybridized carbons (Fsp3) is 0.316. The highest BCUT2D eigenvalue weighted by atomic mass is 32.2. The predicted molar refractivity (Wildman–Crippen MR) is 94.6 cm³/mol. The van der Waals surface area contributed by atoms with Crippen molar-refractivity contribution in [2.45, 2.75) is 37.7 Å². The van der Waals surface area contributed by atoms with E-state index in [0.29, 0.717) is 6.42 Å². The monoisotopic (exact) mass is 362 g/mol. The number of benzene rings is 2. The van der Waals surface area contributed by atoms with Crippen LogP contribution < -0.4 is 0 Å². The van der Waals surface area contributed by atoms with Gasteiger partial charge in [0.1, 0.15) is 0 Å². The van der Waals surface area contributed by atoms with Crippen molar-refractivity contribution < 1.29 is 22.1 Å². The van der Waals surface area contributed by atoms with Crippen molar-refractivity contribution in [2.24, 2.45) is 0 Å². The largest absolute Gasteiger partial charge is 0.464 e. The number of esters is 1. The van der Waals surface area contributed by atoms with E-state index >= 15 is 0 Å². The molecule has 1 atom stereocenters. The zero-order valence-corrected chi connectivity index (χ0v) is 15.2. The van der Waals surface area contributed by atoms with E-state index in [9.17, 15) is 13.2 Å². The average molecular weight is 362 g/mol. The zero-order chi connectivity index (χ0) is 18.3. The maximum atomic E-state index is 12.4. The molecule has 0 fully saturated rings. The summed E-state index contributed by atoms with van der Waals surface area (Å²) in [6, 6.07) is 15.8. The Hall–Kier alpha value is -2.18. The molecule has 25 heavy (non-hydrogen) atoms. The molecular formula is C19H22O5S. The maximum absolute atomic E-state index is 12.4. The minimum absolute atomic E-state index is 0.0205. The molecule has 0 bridgehead atoms. The number of hydrogen-bond donors (Lipinski definition) is 0. The normalized spacial score (nSPS) is 12.6. The summed E-state index contributed by atoms with van der Waals surface area (Å²) in [6.45, 7) is 3.69. The number of ether oxygens (including phenoxy) is 1. The minimum Gasteiger partial charge on any atom is -0.464 e. The third kappa shape index (κ3) is 5.69. The third-order valence-electron chi connectivity index (χ3n) is 3.64. The van der Waals surface area contributed by atoms with Crippen LogP contribution in [0.1, 0.15) is 24.5 Å². The number of carbonyl (C=O) groups excluding carboxylic acids is 1. The molecule has 0 amide bonds. The standard InChI is InChI=1S/C19H22O5S/c1-3-23-19(20)18(14-11-16-7-5-4-6-8-16)24-25(21,22)17-12-9-15(2)10-13-17/h4-10,12-13,18H,3,11,14H2,1-2H3/t18-/m1/s1. The molecule has 2 aromatic rings. The van der Waals surface area contributed by atoms with Gasteiger partial charge in [-0.25, -0.2) is 4.79 Å². The van der Waals surface area contributed by atoms with E-state index in [-0.39, 0.29) is 17.9 Å². The maximum Gasteiger partial charge on any atom is 0.336 e. The van der Waals surface area contributed by atoms with Crippen molar-refractivity contribution >= 4 is 16.1 Å². The highest BCUT2D eigenvalue weighted by molar-refractivity contribution is 7.86. The van der Waals surface area contributed by atoms with Crippen LogP contribution in [0.15, 0.2) is 59.5 Å². The molecule has 0 aromatic heterocycles. The molecular weight excluding hydrogens is 340 g/mol. The Labute approximate surface area is 148 Å². The van der Waals surface area contributed by atoms with Crippen LogP contribution in [0.4, 0.5) is 0 Å². The molecule has 0 saturated carbocycles. The summed E-state index contributed by atoms with van der Waals surface area (Å²) in [6.07, 6.45) is -0.451. The first-order valence-electron chi connectivity index (χ1n) is 8.13. The quantitative estimate of drug-likeness (QED) is 0.532. The van der Waals surface area contributed by atoms with Crippen molar-refractivity contribution in [3.8, 4) is 0 Å². The van der Waals surface area contributed by atoms with Gasteiger partial charge in [-0.15, -0.1) is 0 Å². The number of rotatable bonds is 8. The Bertz CT molecular complexity index is 782. The summed E-state index contributed by atoms with van der Waals surface area (Å²) < 4.78 is 35.1. The van der Waals surface area contributed by atoms with Gasteiger partial charge in [0, 0.05) is 0 Å². The molecule has 0 aliphatic rings. The van der Waals surface area contributed by atoms with E-state index in [1.807, 2.05) is 37.3 Å². The number of carbonyl (C=O) groups is 1. The van der Waals surface area contributed by atoms with Gasteiger partial charge >= 0.3 is 5.97 Å². The van der Waals surface area contributed by atoms with Gasteiger partial charge in [0.25, 0.3) is 10.1 Å². The lowest BCUT2D eigenvalue weighted by atomic mass is 10.1. The van der Waals surface area contributed by atoms with Crippen LogP contribution in [0.2, 0.25) is 0 Å². The van der Waals surface area contributed by atoms with E-state index in [0.717, 1.165) is 11.1 Å². The summed E-state index contributed by atoms with van der Waals surface area (Å²) in [5.41, 5.74) is 1.93. The van der Waals surface area contributed by atoms with Crippen LogP contribution in [0.5, 0.6) is 0 Å². The van der Waals surface area contributed by atoms with Gasteiger partial charge in [0.15, 0.2) is 6.10 Å². The summed E-state index contributed by atoms with van der Waals surface area (Å²) >= 11 is 0. The van der Waals surface area contributed by atoms with E-state index in [4.69, 9.17) is 8.92 Å². The second-order valence-corrected chi connectivity index (χ2v) is 7.20. The van der Waals surface area contributed by atoms with Crippen molar-refractivity contribution in [3.05, 3.63) is 65.7 Å². The third-order valence-corrected chi connectivity index (χ3v) is 4.98. The summed E-state index contributed by atoms with van der Waals surface area (Å²) in [4.78, 5) is 12.1. The van der Waals surface area contributed by atoms with Crippen molar-refractivity contribution in [1.29, 1.82) is 0 Å². The Morgan fingerprint density at radius 3 is 2.28 bits per heavy atom. The van der Waals surface area contributed by atoms with Gasteiger partial charge in [0.05, 0.1) is 11.5 Å². The Balaban J connectivity index is 2.14. The molecule has 0 N–H and O–H groups in total. The molecule has 6 heteroatoms. The molecule has 0 saturated heterocycles. The first-order chi connectivity index (χ1) is 11.9. The van der Waals surface area contributed by atoms with Crippen molar-refractivity contribution in [1.82, 2.24) is 0 Å². The van der Waals surface area contributed by atoms with E-state index in [1.54, 1.807) is 19.1 Å². The van der Waals surface area contributed by atoms with Crippen LogP contribution in [-0.2, 0) is 30.3 Å². The van der Waals surface area contributed by atoms with Crippen LogP contribution in [0.25, 0.3) is 0 Å². The Morgan fingerprint density at radius 1 is 1.04 bits per heavy atom. The second kappa shape index (κ2) is 8.78. The molecule has 0 radical (unpaired) electrons. The molecule has 0 aliphatic carbocycles. The minimum atomic E-state index is -4.04. The zero-order valence-electron chi connectivity index (χ0n) is 14.3. The van der Waals surface area contributed by atoms with Crippen LogP contribution in [0.3, 0.4) is 0 Å². The van der Waals surface area contributed by atoms with Gasteiger partial charge in [-0.1, -0.05) is 48.0 Å². The lowest BCUT2D eigenvalue weighted by Gasteiger charge is -2.16. The van der Waals surface area contributed by atoms with Crippen molar-refractivity contribution in [3.63, 3.8) is 0 Å². The van der Waals surface area contributed by atoms with E-state index in [2.05, 4.69) is 0 Å². The van der Waals surface area contributed by atoms with Gasteiger partial charge in [-0.3, -0.25) is 4.18 Å². The molecule has 0 unspecified atom stereocenters. The SMILES string of the molecule is CCOC(=O)[C@@H](CCc1ccccc1)OS(=O)(=O)c1ccc(C)cc1. The average Bonchev–Trinajstić information content (AvgIpc) is 2.60. The first kappa shape index (κ1) is 19.1. The topological polar surface area (TPSA) is 69.7 Å². The highest BCUT2D eigenvalue weighted by Gasteiger charge is 2.28.